The van der Waals surface area contributed by atoms with Crippen molar-refractivity contribution in [2.75, 3.05) is 11.9 Å². The van der Waals surface area contributed by atoms with Crippen LogP contribution in [0.25, 0.3) is 0 Å². The lowest BCUT2D eigenvalue weighted by Crippen LogP contribution is -2.49. The minimum absolute atomic E-state index is 0.146. The van der Waals surface area contributed by atoms with E-state index in [0.29, 0.717) is 10.6 Å². The summed E-state index contributed by atoms with van der Waals surface area (Å²) in [6, 6.07) is 5.02. The molecular weight excluding hydrogens is 501 g/mol. The van der Waals surface area contributed by atoms with Crippen molar-refractivity contribution in [1.29, 1.82) is 0 Å². The fourth-order valence-electron chi connectivity index (χ4n) is 3.37. The van der Waals surface area contributed by atoms with E-state index in [1.54, 1.807) is 6.92 Å². The van der Waals surface area contributed by atoms with E-state index >= 15 is 0 Å². The van der Waals surface area contributed by atoms with Crippen molar-refractivity contribution in [1.82, 2.24) is 5.32 Å². The summed E-state index contributed by atoms with van der Waals surface area (Å²) in [5.41, 5.74) is 1.32. The highest BCUT2D eigenvalue weighted by Crippen LogP contribution is 2.41. The number of fused-ring (bicyclic) bond motifs is 1. The molecule has 8 nitrogen and oxygen atoms in total. The number of nitro benzene ring substituents is 1. The quantitative estimate of drug-likeness (QED) is 0.170. The van der Waals surface area contributed by atoms with E-state index < -0.39 is 26.8 Å². The number of benzene rings is 1. The summed E-state index contributed by atoms with van der Waals surface area (Å²) in [5.74, 6) is -1.08. The number of anilines is 1. The lowest BCUT2D eigenvalue weighted by molar-refractivity contribution is -0.384. The van der Waals surface area contributed by atoms with Crippen LogP contribution < -0.4 is 10.6 Å². The number of aryl methyl sites for hydroxylation is 1. The number of rotatable bonds is 7. The summed E-state index contributed by atoms with van der Waals surface area (Å²) in [7, 11) is 0. The van der Waals surface area contributed by atoms with Crippen LogP contribution in [0.15, 0.2) is 24.3 Å². The molecule has 1 aliphatic carbocycles. The van der Waals surface area contributed by atoms with Crippen LogP contribution in [0.5, 0.6) is 0 Å². The van der Waals surface area contributed by atoms with Crippen molar-refractivity contribution in [3.8, 4) is 0 Å². The predicted molar refractivity (Wildman–Crippen MR) is 125 cm³/mol. The highest BCUT2D eigenvalue weighted by Gasteiger charge is 2.37. The number of alkyl halides is 3. The second-order valence-electron chi connectivity index (χ2n) is 7.03. The topological polar surface area (TPSA) is 111 Å². The summed E-state index contributed by atoms with van der Waals surface area (Å²) in [5, 5.41) is 16.9. The molecule has 0 saturated carbocycles. The number of nitrogens with zero attached hydrogens (tertiary/aromatic N) is 1. The van der Waals surface area contributed by atoms with Gasteiger partial charge >= 0.3 is 5.97 Å². The van der Waals surface area contributed by atoms with Gasteiger partial charge in [-0.25, -0.2) is 4.79 Å². The highest BCUT2D eigenvalue weighted by atomic mass is 35.6. The third kappa shape index (κ3) is 5.64. The van der Waals surface area contributed by atoms with Crippen LogP contribution >= 0.6 is 46.1 Å². The van der Waals surface area contributed by atoms with Gasteiger partial charge < -0.3 is 15.4 Å². The van der Waals surface area contributed by atoms with E-state index in [2.05, 4.69) is 10.6 Å². The second-order valence-corrected chi connectivity index (χ2v) is 10.5. The first-order chi connectivity index (χ1) is 15.1. The molecule has 0 aliphatic heterocycles. The Morgan fingerprint density at radius 3 is 2.47 bits per heavy atom. The predicted octanol–water partition coefficient (Wildman–Crippen LogP) is 5.25. The monoisotopic (exact) mass is 519 g/mol. The Morgan fingerprint density at radius 2 is 1.88 bits per heavy atom. The smallest absolute Gasteiger partial charge is 0.341 e. The molecule has 0 fully saturated rings. The molecule has 1 aromatic carbocycles. The first-order valence-electron chi connectivity index (χ1n) is 9.82. The van der Waals surface area contributed by atoms with Gasteiger partial charge in [0.25, 0.3) is 11.6 Å². The fraction of sp³-hybridized carbons (Fsp3) is 0.400. The number of esters is 1. The zero-order valence-electron chi connectivity index (χ0n) is 17.0. The Balaban J connectivity index is 1.88. The summed E-state index contributed by atoms with van der Waals surface area (Å²) in [6.07, 6.45) is 2.36. The molecule has 172 valence electrons. The number of carbonyl (C=O) groups is 2. The van der Waals surface area contributed by atoms with Crippen LogP contribution in [-0.2, 0) is 17.6 Å². The van der Waals surface area contributed by atoms with Crippen molar-refractivity contribution < 1.29 is 19.2 Å². The maximum absolute atomic E-state index is 12.7. The Hall–Kier alpha value is -2.07. The Morgan fingerprint density at radius 1 is 1.22 bits per heavy atom. The van der Waals surface area contributed by atoms with E-state index in [1.807, 2.05) is 0 Å². The van der Waals surface area contributed by atoms with Gasteiger partial charge in [0, 0.05) is 22.6 Å². The van der Waals surface area contributed by atoms with Gasteiger partial charge in [0.2, 0.25) is 3.79 Å². The number of hydrogen-bond donors (Lipinski definition) is 2. The molecule has 0 bridgehead atoms. The number of hydrogen-bond acceptors (Lipinski definition) is 7. The number of amides is 1. The average Bonchev–Trinajstić information content (AvgIpc) is 3.10. The van der Waals surface area contributed by atoms with Crippen molar-refractivity contribution in [3.05, 3.63) is 55.9 Å². The Kier molecular flexibility index (Phi) is 7.87. The molecule has 1 unspecified atom stereocenters. The highest BCUT2D eigenvalue weighted by molar-refractivity contribution is 7.16. The van der Waals surface area contributed by atoms with E-state index in [9.17, 15) is 19.7 Å². The third-order valence-electron chi connectivity index (χ3n) is 4.87. The van der Waals surface area contributed by atoms with Crippen LogP contribution in [0.4, 0.5) is 10.7 Å². The fourth-order valence-corrected chi connectivity index (χ4v) is 5.00. The molecule has 12 heteroatoms. The summed E-state index contributed by atoms with van der Waals surface area (Å²) in [4.78, 5) is 36.7. The van der Waals surface area contributed by atoms with Crippen LogP contribution in [0.1, 0.15) is 50.9 Å². The molecule has 2 N–H and O–H groups in total. The van der Waals surface area contributed by atoms with E-state index in [4.69, 9.17) is 39.5 Å². The SMILES string of the molecule is CCOC(=O)c1c(NC(NC(=O)c2ccc([N+](=O)[O-])cc2)C(Cl)(Cl)Cl)sc2c1CCCC2. The van der Waals surface area contributed by atoms with Crippen LogP contribution in [0.2, 0.25) is 0 Å². The minimum Gasteiger partial charge on any atom is -0.462 e. The van der Waals surface area contributed by atoms with Gasteiger partial charge in [-0.2, -0.15) is 0 Å². The number of halogens is 3. The molecule has 1 aromatic heterocycles. The number of carbonyl (C=O) groups excluding carboxylic acids is 2. The first kappa shape index (κ1) is 24.6. The normalized spacial score (nSPS) is 14.2. The van der Waals surface area contributed by atoms with Gasteiger partial charge in [-0.1, -0.05) is 34.8 Å². The second kappa shape index (κ2) is 10.2. The molecule has 3 rings (SSSR count). The minimum atomic E-state index is -1.97. The molecule has 2 aromatic rings. The van der Waals surface area contributed by atoms with Crippen LogP contribution in [0.3, 0.4) is 0 Å². The van der Waals surface area contributed by atoms with Gasteiger partial charge in [-0.3, -0.25) is 14.9 Å². The lowest BCUT2D eigenvalue weighted by atomic mass is 9.95. The zero-order valence-corrected chi connectivity index (χ0v) is 20.0. The van der Waals surface area contributed by atoms with Gasteiger partial charge in [-0.05, 0) is 50.3 Å². The molecule has 0 saturated heterocycles. The molecule has 1 atom stereocenters. The van der Waals surface area contributed by atoms with Crippen molar-refractivity contribution in [2.45, 2.75) is 42.6 Å². The molecule has 0 radical (unpaired) electrons. The summed E-state index contributed by atoms with van der Waals surface area (Å²) >= 11 is 19.7. The van der Waals surface area contributed by atoms with Gasteiger partial charge in [0.05, 0.1) is 17.1 Å². The van der Waals surface area contributed by atoms with Gasteiger partial charge in [-0.15, -0.1) is 11.3 Å². The number of ether oxygens (including phenoxy) is 1. The van der Waals surface area contributed by atoms with Gasteiger partial charge in [0.15, 0.2) is 0 Å². The molecule has 32 heavy (non-hydrogen) atoms. The summed E-state index contributed by atoms with van der Waals surface area (Å²) in [6.45, 7) is 1.94. The third-order valence-corrected chi connectivity index (χ3v) is 6.75. The average molecular weight is 521 g/mol. The van der Waals surface area contributed by atoms with E-state index in [0.717, 1.165) is 36.1 Å². The number of thiophene rings is 1. The maximum atomic E-state index is 12.7. The van der Waals surface area contributed by atoms with Gasteiger partial charge in [0.1, 0.15) is 11.2 Å². The van der Waals surface area contributed by atoms with Crippen LogP contribution in [0, 0.1) is 10.1 Å². The maximum Gasteiger partial charge on any atom is 0.341 e. The number of non-ortho nitro benzene ring substituents is 1. The first-order valence-corrected chi connectivity index (χ1v) is 11.8. The Bertz CT molecular complexity index is 1020. The van der Waals surface area contributed by atoms with Crippen molar-refractivity contribution >= 4 is 68.7 Å². The number of nitro groups is 1. The molecule has 1 amide bonds. The number of nitrogens with one attached hydrogen (secondary N) is 2. The molecular formula is C20H20Cl3N3O5S. The Labute approximate surface area is 203 Å². The zero-order chi connectivity index (χ0) is 23.5. The molecule has 0 spiro atoms. The van der Waals surface area contributed by atoms with Crippen molar-refractivity contribution in [2.24, 2.45) is 0 Å². The van der Waals surface area contributed by atoms with E-state index in [-0.39, 0.29) is 17.9 Å². The molecule has 1 heterocycles. The largest absolute Gasteiger partial charge is 0.462 e. The lowest BCUT2D eigenvalue weighted by Gasteiger charge is -2.27. The summed E-state index contributed by atoms with van der Waals surface area (Å²) < 4.78 is 3.26. The molecule has 1 aliphatic rings. The van der Waals surface area contributed by atoms with Crippen molar-refractivity contribution in [3.63, 3.8) is 0 Å². The van der Waals surface area contributed by atoms with Crippen LogP contribution in [-0.4, -0.2) is 33.4 Å². The standard InChI is InChI=1S/C20H20Cl3N3O5S/c1-2-31-18(28)15-13-5-3-4-6-14(13)32-17(15)25-19(20(21,22)23)24-16(27)11-7-9-12(10-8-11)26(29)30/h7-10,19,25H,2-6H2,1H3,(H,24,27). The van der Waals surface area contributed by atoms with E-state index in [1.165, 1.54) is 35.6 Å².